The highest BCUT2D eigenvalue weighted by Gasteiger charge is 2.33. The second kappa shape index (κ2) is 11.6. The van der Waals surface area contributed by atoms with Crippen LogP contribution in [0.15, 0.2) is 69.8 Å². The van der Waals surface area contributed by atoms with Gasteiger partial charge in [0.05, 0.1) is 23.8 Å². The number of esters is 1. The molecule has 0 amide bonds. The summed E-state index contributed by atoms with van der Waals surface area (Å²) >= 11 is 1.25. The number of hydrogen-bond donors (Lipinski definition) is 1. The Morgan fingerprint density at radius 3 is 2.24 bits per heavy atom. The Kier molecular flexibility index (Phi) is 8.60. The molecule has 2 aromatic rings. The number of ether oxygens (including phenoxy) is 2. The summed E-state index contributed by atoms with van der Waals surface area (Å²) in [6, 6.07) is 15.4. The fourth-order valence-corrected chi connectivity index (χ4v) is 4.45. The molecule has 1 aliphatic rings. The Bertz CT molecular complexity index is 1050. The first-order chi connectivity index (χ1) is 16.0. The average Bonchev–Trinajstić information content (AvgIpc) is 3.12. The van der Waals surface area contributed by atoms with Gasteiger partial charge in [-0.3, -0.25) is 0 Å². The Hall–Kier alpha value is -3.19. The number of aliphatic hydroxyl groups is 1. The molecule has 1 heterocycles. The number of aliphatic hydroxyl groups excluding tert-OH is 1. The number of rotatable bonds is 9. The number of benzene rings is 2. The van der Waals surface area contributed by atoms with Gasteiger partial charge in [0.2, 0.25) is 0 Å². The first-order valence-electron chi connectivity index (χ1n) is 11.2. The first-order valence-corrected chi connectivity index (χ1v) is 12.0. The van der Waals surface area contributed by atoms with E-state index in [1.807, 2.05) is 49.4 Å². The molecule has 0 unspecified atom stereocenters. The normalized spacial score (nSPS) is 15.9. The molecule has 1 N–H and O–H groups in total. The number of nitrogens with zero attached hydrogens (tertiary/aromatic N) is 2. The molecule has 0 saturated carbocycles. The molecule has 0 bridgehead atoms. The fourth-order valence-electron chi connectivity index (χ4n) is 3.41. The second-order valence-electron chi connectivity index (χ2n) is 7.16. The van der Waals surface area contributed by atoms with Gasteiger partial charge < -0.3 is 19.5 Å². The molecule has 0 saturated heterocycles. The Labute approximate surface area is 199 Å². The summed E-state index contributed by atoms with van der Waals surface area (Å²) < 4.78 is 10.6. The van der Waals surface area contributed by atoms with Crippen LogP contribution in [-0.4, -0.2) is 42.4 Å². The predicted octanol–water partition coefficient (Wildman–Crippen LogP) is 6.12. The molecule has 33 heavy (non-hydrogen) atoms. The van der Waals surface area contributed by atoms with Gasteiger partial charge in [0.1, 0.15) is 22.1 Å². The molecule has 6 nitrogen and oxygen atoms in total. The second-order valence-corrected chi connectivity index (χ2v) is 8.19. The maximum Gasteiger partial charge on any atom is 0.344 e. The van der Waals surface area contributed by atoms with E-state index in [-0.39, 0.29) is 17.9 Å². The van der Waals surface area contributed by atoms with E-state index in [9.17, 15) is 9.90 Å². The van der Waals surface area contributed by atoms with Crippen molar-refractivity contribution in [1.82, 2.24) is 0 Å². The molecule has 1 aliphatic heterocycles. The van der Waals surface area contributed by atoms with Crippen molar-refractivity contribution in [2.75, 3.05) is 31.2 Å². The summed E-state index contributed by atoms with van der Waals surface area (Å²) in [5, 5.41) is 11.3. The predicted molar refractivity (Wildman–Crippen MR) is 137 cm³/mol. The molecule has 0 aromatic heterocycles. The van der Waals surface area contributed by atoms with Gasteiger partial charge in [-0.05, 0) is 75.7 Å². The van der Waals surface area contributed by atoms with Crippen molar-refractivity contribution in [2.45, 2.75) is 27.7 Å². The molecule has 0 spiro atoms. The summed E-state index contributed by atoms with van der Waals surface area (Å²) in [5.74, 6) is 0.0432. The summed E-state index contributed by atoms with van der Waals surface area (Å²) in [7, 11) is 0. The lowest BCUT2D eigenvalue weighted by atomic mass is 10.1. The van der Waals surface area contributed by atoms with Gasteiger partial charge in [-0.1, -0.05) is 23.9 Å². The smallest absolute Gasteiger partial charge is 0.344 e. The van der Waals surface area contributed by atoms with Gasteiger partial charge in [-0.15, -0.1) is 0 Å². The Balaban J connectivity index is 1.93. The van der Waals surface area contributed by atoms with Gasteiger partial charge in [-0.2, -0.15) is 0 Å². The van der Waals surface area contributed by atoms with Gasteiger partial charge in [0, 0.05) is 18.8 Å². The zero-order valence-corrected chi connectivity index (χ0v) is 20.3. The highest BCUT2D eigenvalue weighted by Crippen LogP contribution is 2.40. The molecule has 0 radical (unpaired) electrons. The quantitative estimate of drug-likeness (QED) is 0.449. The number of hydrogen-bond acceptors (Lipinski definition) is 7. The highest BCUT2D eigenvalue weighted by atomic mass is 32.2. The van der Waals surface area contributed by atoms with Crippen LogP contribution in [0.2, 0.25) is 0 Å². The van der Waals surface area contributed by atoms with Crippen LogP contribution in [0.1, 0.15) is 33.3 Å². The summed E-state index contributed by atoms with van der Waals surface area (Å²) in [4.78, 5) is 20.0. The van der Waals surface area contributed by atoms with E-state index in [4.69, 9.17) is 9.47 Å². The fraction of sp³-hybridized carbons (Fsp3) is 0.308. The minimum absolute atomic E-state index is 0.0849. The largest absolute Gasteiger partial charge is 0.506 e. The van der Waals surface area contributed by atoms with E-state index >= 15 is 0 Å². The molecule has 174 valence electrons. The van der Waals surface area contributed by atoms with E-state index in [2.05, 4.69) is 35.9 Å². The maximum absolute atomic E-state index is 12.6. The van der Waals surface area contributed by atoms with Crippen molar-refractivity contribution in [3.8, 4) is 5.75 Å². The van der Waals surface area contributed by atoms with Gasteiger partial charge >= 0.3 is 5.97 Å². The van der Waals surface area contributed by atoms with Gasteiger partial charge in [0.25, 0.3) is 0 Å². The molecule has 0 fully saturated rings. The zero-order chi connectivity index (χ0) is 23.8. The molecule has 0 aliphatic carbocycles. The van der Waals surface area contributed by atoms with Crippen molar-refractivity contribution in [3.05, 3.63) is 70.3 Å². The minimum Gasteiger partial charge on any atom is -0.506 e. The van der Waals surface area contributed by atoms with Crippen molar-refractivity contribution < 1.29 is 19.4 Å². The molecule has 0 atom stereocenters. The van der Waals surface area contributed by atoms with Crippen LogP contribution in [0.5, 0.6) is 5.75 Å². The summed E-state index contributed by atoms with van der Waals surface area (Å²) in [6.45, 7) is 10.6. The van der Waals surface area contributed by atoms with Crippen LogP contribution in [0.4, 0.5) is 11.4 Å². The SMILES string of the molecule is CCOC(=O)C1=C(O)C(=Cc2ccc(N(CC)CC)cc2)SC1=Nc1ccc(OCC)cc1. The first kappa shape index (κ1) is 24.5. The van der Waals surface area contributed by atoms with Crippen molar-refractivity contribution in [1.29, 1.82) is 0 Å². The highest BCUT2D eigenvalue weighted by molar-refractivity contribution is 8.18. The van der Waals surface area contributed by atoms with Gasteiger partial charge in [-0.25, -0.2) is 9.79 Å². The van der Waals surface area contributed by atoms with Crippen molar-refractivity contribution in [2.24, 2.45) is 4.99 Å². The van der Waals surface area contributed by atoms with Crippen molar-refractivity contribution >= 4 is 40.2 Å². The molecule has 2 aromatic carbocycles. The number of carbonyl (C=O) groups excluding carboxylic acids is 1. The van der Waals surface area contributed by atoms with E-state index in [1.54, 1.807) is 6.92 Å². The summed E-state index contributed by atoms with van der Waals surface area (Å²) in [5.41, 5.74) is 2.80. The van der Waals surface area contributed by atoms with E-state index < -0.39 is 5.97 Å². The minimum atomic E-state index is -0.590. The lowest BCUT2D eigenvalue weighted by Crippen LogP contribution is -2.21. The van der Waals surface area contributed by atoms with Crippen LogP contribution in [0.25, 0.3) is 6.08 Å². The van der Waals surface area contributed by atoms with E-state index in [0.717, 1.165) is 30.1 Å². The topological polar surface area (TPSA) is 71.4 Å². The third-order valence-corrected chi connectivity index (χ3v) is 6.09. The number of anilines is 1. The van der Waals surface area contributed by atoms with Crippen LogP contribution in [-0.2, 0) is 9.53 Å². The number of aliphatic imine (C=N–C) groups is 1. The van der Waals surface area contributed by atoms with Crippen LogP contribution < -0.4 is 9.64 Å². The zero-order valence-electron chi connectivity index (χ0n) is 19.5. The molecular formula is C26H30N2O4S. The van der Waals surface area contributed by atoms with E-state index in [1.165, 1.54) is 11.8 Å². The van der Waals surface area contributed by atoms with Crippen molar-refractivity contribution in [3.63, 3.8) is 0 Å². The molecule has 7 heteroatoms. The maximum atomic E-state index is 12.6. The Morgan fingerprint density at radius 2 is 1.67 bits per heavy atom. The lowest BCUT2D eigenvalue weighted by molar-refractivity contribution is -0.138. The van der Waals surface area contributed by atoms with E-state index in [0.29, 0.717) is 22.2 Å². The molecule has 3 rings (SSSR count). The van der Waals surface area contributed by atoms with Gasteiger partial charge in [0.15, 0.2) is 0 Å². The molecular weight excluding hydrogens is 436 g/mol. The third kappa shape index (κ3) is 5.99. The number of carbonyl (C=O) groups is 1. The van der Waals surface area contributed by atoms with Crippen LogP contribution in [0, 0.1) is 0 Å². The lowest BCUT2D eigenvalue weighted by Gasteiger charge is -2.20. The van der Waals surface area contributed by atoms with Crippen LogP contribution >= 0.6 is 11.8 Å². The monoisotopic (exact) mass is 466 g/mol. The van der Waals surface area contributed by atoms with Crippen LogP contribution in [0.3, 0.4) is 0 Å². The number of thioether (sulfide) groups is 1. The standard InChI is InChI=1S/C26H30N2O4S/c1-5-28(6-2)20-13-9-18(10-14-20)17-22-24(29)23(26(30)32-8-4)25(33-22)27-19-11-15-21(16-12-19)31-7-3/h9-17,29H,5-8H2,1-4H3. The third-order valence-electron chi connectivity index (χ3n) is 5.07. The summed E-state index contributed by atoms with van der Waals surface area (Å²) in [6.07, 6.45) is 1.85. The average molecular weight is 467 g/mol. The Morgan fingerprint density at radius 1 is 1.00 bits per heavy atom.